The molecule has 0 spiro atoms. The second-order valence-electron chi connectivity index (χ2n) is 7.68. The fourth-order valence-corrected chi connectivity index (χ4v) is 4.57. The van der Waals surface area contributed by atoms with Gasteiger partial charge in [0.25, 0.3) is 0 Å². The molecule has 0 radical (unpaired) electrons. The number of nitrogens with zero attached hydrogens (tertiary/aromatic N) is 3. The van der Waals surface area contributed by atoms with Gasteiger partial charge < -0.3 is 5.32 Å². The Labute approximate surface area is 186 Å². The van der Waals surface area contributed by atoms with Crippen LogP contribution >= 0.6 is 23.2 Å². The molecule has 0 aliphatic heterocycles. The van der Waals surface area contributed by atoms with E-state index in [9.17, 15) is 18.0 Å². The zero-order valence-electron chi connectivity index (χ0n) is 16.3. The number of rotatable bonds is 5. The number of amides is 1. The van der Waals surface area contributed by atoms with Crippen molar-refractivity contribution >= 4 is 34.8 Å². The Bertz CT molecular complexity index is 1110. The highest BCUT2D eigenvalue weighted by Crippen LogP contribution is 2.41. The number of aromatic nitrogens is 3. The van der Waals surface area contributed by atoms with E-state index in [1.807, 2.05) is 12.1 Å². The molecule has 0 bridgehead atoms. The highest BCUT2D eigenvalue weighted by atomic mass is 35.5. The first-order chi connectivity index (χ1) is 14.7. The number of carbonyl (C=O) groups is 1. The Morgan fingerprint density at radius 1 is 1.10 bits per heavy atom. The highest BCUT2D eigenvalue weighted by molar-refractivity contribution is 6.30. The molecule has 1 aromatic carbocycles. The summed E-state index contributed by atoms with van der Waals surface area (Å²) in [6.07, 6.45) is 0.319. The largest absolute Gasteiger partial charge is 0.420 e. The SMILES string of the molecule is O=C(NCCc1nnc2c(C(F)(F)F)cc(Cl)cn12)C1(c2ccc(Cl)cc2)CCCC1. The minimum absolute atomic E-state index is 0.0717. The number of fused-ring (bicyclic) bond motifs is 1. The lowest BCUT2D eigenvalue weighted by atomic mass is 9.78. The van der Waals surface area contributed by atoms with E-state index in [0.717, 1.165) is 37.3 Å². The molecule has 4 rings (SSSR count). The number of hydrogen-bond acceptors (Lipinski definition) is 3. The summed E-state index contributed by atoms with van der Waals surface area (Å²) in [6.45, 7) is 0.211. The van der Waals surface area contributed by atoms with Crippen molar-refractivity contribution in [3.8, 4) is 0 Å². The molecule has 0 saturated heterocycles. The molecule has 2 aromatic heterocycles. The van der Waals surface area contributed by atoms with E-state index >= 15 is 0 Å². The van der Waals surface area contributed by atoms with Gasteiger partial charge in [-0.3, -0.25) is 9.20 Å². The molecule has 2 heterocycles. The quantitative estimate of drug-likeness (QED) is 0.555. The Morgan fingerprint density at radius 2 is 1.77 bits per heavy atom. The van der Waals surface area contributed by atoms with Gasteiger partial charge in [-0.1, -0.05) is 48.2 Å². The van der Waals surface area contributed by atoms with Crippen LogP contribution < -0.4 is 5.32 Å². The van der Waals surface area contributed by atoms with Crippen LogP contribution in [0.25, 0.3) is 5.65 Å². The molecule has 5 nitrogen and oxygen atoms in total. The normalized spacial score (nSPS) is 16.0. The molecule has 1 saturated carbocycles. The third kappa shape index (κ3) is 4.23. The van der Waals surface area contributed by atoms with Crippen molar-refractivity contribution in [1.29, 1.82) is 0 Å². The van der Waals surface area contributed by atoms with E-state index < -0.39 is 17.2 Å². The predicted molar refractivity (Wildman–Crippen MR) is 111 cm³/mol. The summed E-state index contributed by atoms with van der Waals surface area (Å²) in [7, 11) is 0. The van der Waals surface area contributed by atoms with Gasteiger partial charge in [-0.15, -0.1) is 10.2 Å². The fraction of sp³-hybridized carbons (Fsp3) is 0.381. The molecule has 1 amide bonds. The van der Waals surface area contributed by atoms with Gasteiger partial charge in [-0.2, -0.15) is 13.2 Å². The lowest BCUT2D eigenvalue weighted by Crippen LogP contribution is -2.43. The summed E-state index contributed by atoms with van der Waals surface area (Å²) in [5.41, 5.74) is -0.965. The molecule has 164 valence electrons. The van der Waals surface area contributed by atoms with Gasteiger partial charge in [-0.25, -0.2) is 0 Å². The van der Waals surface area contributed by atoms with Crippen LogP contribution in [0.15, 0.2) is 36.5 Å². The van der Waals surface area contributed by atoms with Crippen LogP contribution in [0.1, 0.15) is 42.6 Å². The molecule has 10 heteroatoms. The van der Waals surface area contributed by atoms with Gasteiger partial charge in [-0.05, 0) is 36.6 Å². The second-order valence-corrected chi connectivity index (χ2v) is 8.55. The number of alkyl halides is 3. The van der Waals surface area contributed by atoms with Crippen molar-refractivity contribution in [2.24, 2.45) is 0 Å². The molecule has 1 N–H and O–H groups in total. The highest BCUT2D eigenvalue weighted by Gasteiger charge is 2.42. The summed E-state index contributed by atoms with van der Waals surface area (Å²) >= 11 is 11.9. The van der Waals surface area contributed by atoms with Crippen molar-refractivity contribution in [1.82, 2.24) is 19.9 Å². The second kappa shape index (κ2) is 8.31. The first kappa shape index (κ1) is 21.9. The lowest BCUT2D eigenvalue weighted by molar-refractivity contribution is -0.136. The minimum atomic E-state index is -4.60. The molecular weight excluding hydrogens is 452 g/mol. The van der Waals surface area contributed by atoms with E-state index in [-0.39, 0.29) is 35.4 Å². The summed E-state index contributed by atoms with van der Waals surface area (Å²) in [6, 6.07) is 8.12. The molecular formula is C21H19Cl2F3N4O. The topological polar surface area (TPSA) is 59.3 Å². The van der Waals surface area contributed by atoms with E-state index in [0.29, 0.717) is 5.02 Å². The lowest BCUT2D eigenvalue weighted by Gasteiger charge is -2.28. The van der Waals surface area contributed by atoms with Crippen LogP contribution in [0.2, 0.25) is 10.0 Å². The maximum absolute atomic E-state index is 13.3. The van der Waals surface area contributed by atoms with Crippen molar-refractivity contribution < 1.29 is 18.0 Å². The van der Waals surface area contributed by atoms with Gasteiger partial charge in [0.1, 0.15) is 11.4 Å². The number of halogens is 5. The van der Waals surface area contributed by atoms with Gasteiger partial charge in [0.2, 0.25) is 5.91 Å². The number of hydrogen-bond donors (Lipinski definition) is 1. The minimum Gasteiger partial charge on any atom is -0.355 e. The number of carbonyl (C=O) groups excluding carboxylic acids is 1. The van der Waals surface area contributed by atoms with Crippen LogP contribution in [0.3, 0.4) is 0 Å². The Kier molecular flexibility index (Phi) is 5.87. The molecule has 31 heavy (non-hydrogen) atoms. The standard InChI is InChI=1S/C21H19Cl2F3N4O/c22-14-5-3-13(4-6-14)20(8-1-2-9-20)19(31)27-10-7-17-28-29-18-16(21(24,25)26)11-15(23)12-30(17)18/h3-6,11-12H,1-2,7-10H2,(H,27,31). The average molecular weight is 471 g/mol. The molecule has 1 aliphatic carbocycles. The van der Waals surface area contributed by atoms with Gasteiger partial charge in [0.05, 0.1) is 10.4 Å². The van der Waals surface area contributed by atoms with Crippen LogP contribution in [0.4, 0.5) is 13.2 Å². The number of benzene rings is 1. The maximum atomic E-state index is 13.3. The van der Waals surface area contributed by atoms with Crippen LogP contribution in [0, 0.1) is 0 Å². The Balaban J connectivity index is 1.51. The summed E-state index contributed by atoms with van der Waals surface area (Å²) in [4.78, 5) is 13.1. The van der Waals surface area contributed by atoms with E-state index in [4.69, 9.17) is 23.2 Å². The van der Waals surface area contributed by atoms with E-state index in [1.165, 1.54) is 10.6 Å². The zero-order chi connectivity index (χ0) is 22.2. The Hall–Kier alpha value is -2.32. The summed E-state index contributed by atoms with van der Waals surface area (Å²) in [5, 5.41) is 11.0. The first-order valence-corrected chi connectivity index (χ1v) is 10.6. The average Bonchev–Trinajstić information content (AvgIpc) is 3.36. The first-order valence-electron chi connectivity index (χ1n) is 9.85. The Morgan fingerprint density at radius 3 is 2.42 bits per heavy atom. The molecule has 0 unspecified atom stereocenters. The van der Waals surface area contributed by atoms with Crippen LogP contribution in [-0.2, 0) is 22.8 Å². The van der Waals surface area contributed by atoms with Crippen molar-refractivity contribution in [2.45, 2.75) is 43.7 Å². The van der Waals surface area contributed by atoms with E-state index in [2.05, 4.69) is 15.5 Å². The molecule has 3 aromatic rings. The fourth-order valence-electron chi connectivity index (χ4n) is 4.24. The molecule has 0 atom stereocenters. The van der Waals surface area contributed by atoms with Gasteiger partial charge >= 0.3 is 6.18 Å². The monoisotopic (exact) mass is 470 g/mol. The molecule has 1 fully saturated rings. The van der Waals surface area contributed by atoms with E-state index in [1.54, 1.807) is 12.1 Å². The number of pyridine rings is 1. The number of nitrogens with one attached hydrogen (secondary N) is 1. The molecule has 1 aliphatic rings. The maximum Gasteiger partial charge on any atom is 0.420 e. The summed E-state index contributed by atoms with van der Waals surface area (Å²) in [5.74, 6) is 0.186. The third-order valence-corrected chi connectivity index (χ3v) is 6.23. The van der Waals surface area contributed by atoms with Gasteiger partial charge in [0.15, 0.2) is 5.65 Å². The smallest absolute Gasteiger partial charge is 0.355 e. The predicted octanol–water partition coefficient (Wildman–Crippen LogP) is 5.23. The van der Waals surface area contributed by atoms with Crippen LogP contribution in [0.5, 0.6) is 0 Å². The summed E-state index contributed by atoms with van der Waals surface area (Å²) < 4.78 is 41.0. The van der Waals surface area contributed by atoms with Crippen molar-refractivity contribution in [3.05, 3.63) is 63.5 Å². The van der Waals surface area contributed by atoms with Crippen molar-refractivity contribution in [2.75, 3.05) is 6.54 Å². The van der Waals surface area contributed by atoms with Crippen LogP contribution in [-0.4, -0.2) is 27.0 Å². The zero-order valence-corrected chi connectivity index (χ0v) is 17.9. The van der Waals surface area contributed by atoms with Gasteiger partial charge in [0, 0.05) is 24.2 Å². The van der Waals surface area contributed by atoms with Crippen molar-refractivity contribution in [3.63, 3.8) is 0 Å². The third-order valence-electron chi connectivity index (χ3n) is 5.77.